The van der Waals surface area contributed by atoms with Gasteiger partial charge in [0.2, 0.25) is 0 Å². The quantitative estimate of drug-likeness (QED) is 0.729. The topological polar surface area (TPSA) is 57.2 Å². The minimum atomic E-state index is 0. The molecule has 6 heteroatoms. The molecule has 6 nitrogen and oxygen atoms in total. The zero-order valence-corrected chi connectivity index (χ0v) is 15.3. The lowest BCUT2D eigenvalue weighted by Crippen LogP contribution is -2.44. The van der Waals surface area contributed by atoms with Crippen LogP contribution < -0.4 is 5.43 Å². The van der Waals surface area contributed by atoms with E-state index in [1.54, 1.807) is 18.6 Å². The van der Waals surface area contributed by atoms with Gasteiger partial charge in [-0.3, -0.25) is 9.97 Å². The van der Waals surface area contributed by atoms with Crippen molar-refractivity contribution in [2.75, 3.05) is 32.6 Å². The summed E-state index contributed by atoms with van der Waals surface area (Å²) in [7, 11) is 4.29. The summed E-state index contributed by atoms with van der Waals surface area (Å²) in [6.45, 7) is 2.28. The lowest BCUT2D eigenvalue weighted by Gasteiger charge is -2.35. The molecule has 0 saturated carbocycles. The molecule has 1 aromatic carbocycles. The Morgan fingerprint density at radius 3 is 2.69 bits per heavy atom. The van der Waals surface area contributed by atoms with Crippen LogP contribution in [0.2, 0.25) is 0 Å². The molecule has 0 amide bonds. The van der Waals surface area contributed by atoms with Crippen LogP contribution in [-0.4, -0.2) is 58.1 Å². The van der Waals surface area contributed by atoms with Crippen molar-refractivity contribution in [2.45, 2.75) is 18.9 Å². The normalized spacial score (nSPS) is 16.3. The highest BCUT2D eigenvalue weighted by Gasteiger charge is 2.20. The van der Waals surface area contributed by atoms with Crippen LogP contribution in [0.5, 0.6) is 0 Å². The molecule has 0 radical (unpaired) electrons. The molecule has 136 valence electrons. The Kier molecular flexibility index (Phi) is 4.77. The number of aromatic nitrogens is 3. The number of piperidine rings is 1. The van der Waals surface area contributed by atoms with E-state index < -0.39 is 0 Å². The molecule has 1 fully saturated rings. The van der Waals surface area contributed by atoms with Crippen molar-refractivity contribution in [1.82, 2.24) is 24.9 Å². The molecule has 3 aromatic rings. The maximum absolute atomic E-state index is 4.57. The largest absolute Gasteiger partial charge is 0.306 e. The Morgan fingerprint density at radius 1 is 1.08 bits per heavy atom. The van der Waals surface area contributed by atoms with Crippen molar-refractivity contribution in [3.05, 3.63) is 49.1 Å². The van der Waals surface area contributed by atoms with E-state index in [1.165, 1.54) is 12.8 Å². The Balaban J connectivity index is 0.00000210. The molecule has 1 saturated heterocycles. The van der Waals surface area contributed by atoms with Crippen molar-refractivity contribution in [1.29, 1.82) is 0 Å². The summed E-state index contributed by atoms with van der Waals surface area (Å²) in [4.78, 5) is 15.5. The zero-order valence-electron chi connectivity index (χ0n) is 15.3. The summed E-state index contributed by atoms with van der Waals surface area (Å²) in [6, 6.07) is 8.92. The second-order valence-corrected chi connectivity index (χ2v) is 6.98. The molecule has 1 aliphatic heterocycles. The summed E-state index contributed by atoms with van der Waals surface area (Å²) >= 11 is 0. The Hall–Kier alpha value is -2.57. The van der Waals surface area contributed by atoms with Gasteiger partial charge < -0.3 is 10.3 Å². The Labute approximate surface area is 155 Å². The molecule has 0 bridgehead atoms. The fourth-order valence-corrected chi connectivity index (χ4v) is 3.46. The van der Waals surface area contributed by atoms with Gasteiger partial charge in [0.05, 0.1) is 11.9 Å². The zero-order chi connectivity index (χ0) is 17.9. The lowest BCUT2D eigenvalue weighted by atomic mass is 10.1. The fourth-order valence-electron chi connectivity index (χ4n) is 3.46. The maximum Gasteiger partial charge on any atom is 0.140 e. The number of hydrogen-bond acceptors (Lipinski definition) is 6. The first-order valence-electron chi connectivity index (χ1n) is 9.03. The smallest absolute Gasteiger partial charge is 0.140 e. The van der Waals surface area contributed by atoms with E-state index in [-0.39, 0.29) is 1.43 Å². The highest BCUT2D eigenvalue weighted by molar-refractivity contribution is 5.87. The first-order chi connectivity index (χ1) is 12.7. The third-order valence-corrected chi connectivity index (χ3v) is 5.11. The molecule has 26 heavy (non-hydrogen) atoms. The number of nitrogens with zero attached hydrogens (tertiary/aromatic N) is 5. The van der Waals surface area contributed by atoms with Gasteiger partial charge in [0, 0.05) is 44.1 Å². The van der Waals surface area contributed by atoms with Crippen molar-refractivity contribution >= 4 is 16.6 Å². The predicted molar refractivity (Wildman–Crippen MR) is 107 cm³/mol. The van der Waals surface area contributed by atoms with Crippen LogP contribution in [0.1, 0.15) is 14.3 Å². The SMILES string of the molecule is CN1CCC(N(C)Nc2cc3cc(-c4cnccn4)ccc3cn2)CC1.[HH]. The van der Waals surface area contributed by atoms with Crippen molar-refractivity contribution in [3.8, 4) is 11.3 Å². The second kappa shape index (κ2) is 7.35. The van der Waals surface area contributed by atoms with Crippen molar-refractivity contribution in [2.24, 2.45) is 0 Å². The van der Waals surface area contributed by atoms with E-state index in [4.69, 9.17) is 0 Å². The summed E-state index contributed by atoms with van der Waals surface area (Å²) in [5.41, 5.74) is 5.39. The van der Waals surface area contributed by atoms with Gasteiger partial charge in [-0.1, -0.05) is 12.1 Å². The van der Waals surface area contributed by atoms with Gasteiger partial charge in [0.25, 0.3) is 0 Å². The average molecular weight is 350 g/mol. The molecule has 2 aromatic heterocycles. The van der Waals surface area contributed by atoms with E-state index in [1.807, 2.05) is 6.20 Å². The predicted octanol–water partition coefficient (Wildman–Crippen LogP) is 3.29. The van der Waals surface area contributed by atoms with Crippen LogP contribution in [0.25, 0.3) is 22.0 Å². The highest BCUT2D eigenvalue weighted by Crippen LogP contribution is 2.24. The second-order valence-electron chi connectivity index (χ2n) is 6.98. The number of fused-ring (bicyclic) bond motifs is 1. The number of hydrogen-bond donors (Lipinski definition) is 1. The molecule has 1 N–H and O–H groups in total. The minimum Gasteiger partial charge on any atom is -0.306 e. The molecular weight excluding hydrogens is 324 g/mol. The summed E-state index contributed by atoms with van der Waals surface area (Å²) in [6.07, 6.45) is 9.45. The Bertz CT molecular complexity index is 880. The first kappa shape index (κ1) is 16.9. The van der Waals surface area contributed by atoms with Gasteiger partial charge in [-0.05, 0) is 50.5 Å². The standard InChI is InChI=1S/C20H24N6.H2/c1-25-9-5-18(6-10-25)26(2)24-20-12-17-11-15(3-4-16(17)13-23-20)19-14-21-7-8-22-19;/h3-4,7-8,11-14,18H,5-6,9-10H2,1-2H3,(H,23,24);1H. The van der Waals surface area contributed by atoms with E-state index in [2.05, 4.69) is 68.6 Å². The number of likely N-dealkylation sites (tertiary alicyclic amines) is 1. The molecule has 0 unspecified atom stereocenters. The van der Waals surface area contributed by atoms with E-state index >= 15 is 0 Å². The van der Waals surface area contributed by atoms with Crippen molar-refractivity contribution in [3.63, 3.8) is 0 Å². The third kappa shape index (κ3) is 3.66. The molecule has 0 atom stereocenters. The van der Waals surface area contributed by atoms with Gasteiger partial charge in [0.1, 0.15) is 5.82 Å². The van der Waals surface area contributed by atoms with Crippen LogP contribution in [0.15, 0.2) is 49.1 Å². The molecule has 0 aliphatic carbocycles. The number of rotatable bonds is 4. The molecular formula is C20H26N6. The number of benzene rings is 1. The molecule has 1 aliphatic rings. The Morgan fingerprint density at radius 2 is 1.92 bits per heavy atom. The summed E-state index contributed by atoms with van der Waals surface area (Å²) in [5, 5.41) is 4.46. The van der Waals surface area contributed by atoms with Gasteiger partial charge in [-0.15, -0.1) is 0 Å². The van der Waals surface area contributed by atoms with Crippen molar-refractivity contribution < 1.29 is 1.43 Å². The number of anilines is 1. The van der Waals surface area contributed by atoms with Crippen LogP contribution in [-0.2, 0) is 0 Å². The summed E-state index contributed by atoms with van der Waals surface area (Å²) in [5.74, 6) is 0.871. The maximum atomic E-state index is 4.57. The number of nitrogens with one attached hydrogen (secondary N) is 1. The lowest BCUT2D eigenvalue weighted by molar-refractivity contribution is 0.164. The monoisotopic (exact) mass is 350 g/mol. The van der Waals surface area contributed by atoms with Gasteiger partial charge in [-0.25, -0.2) is 9.99 Å². The van der Waals surface area contributed by atoms with E-state index in [0.29, 0.717) is 6.04 Å². The summed E-state index contributed by atoms with van der Waals surface area (Å²) < 4.78 is 0. The van der Waals surface area contributed by atoms with Crippen LogP contribution >= 0.6 is 0 Å². The van der Waals surface area contributed by atoms with Crippen LogP contribution in [0.4, 0.5) is 5.82 Å². The number of hydrazine groups is 1. The van der Waals surface area contributed by atoms with Gasteiger partial charge in [-0.2, -0.15) is 0 Å². The fraction of sp³-hybridized carbons (Fsp3) is 0.350. The number of pyridine rings is 1. The average Bonchev–Trinajstić information content (AvgIpc) is 2.68. The van der Waals surface area contributed by atoms with Gasteiger partial charge in [0.15, 0.2) is 0 Å². The third-order valence-electron chi connectivity index (χ3n) is 5.11. The first-order valence-corrected chi connectivity index (χ1v) is 9.03. The van der Waals surface area contributed by atoms with Crippen LogP contribution in [0.3, 0.4) is 0 Å². The minimum absolute atomic E-state index is 0. The van der Waals surface area contributed by atoms with Crippen LogP contribution in [0, 0.1) is 0 Å². The molecule has 3 heterocycles. The molecule has 4 rings (SSSR count). The van der Waals surface area contributed by atoms with E-state index in [0.717, 1.165) is 40.9 Å². The van der Waals surface area contributed by atoms with Gasteiger partial charge >= 0.3 is 0 Å². The molecule has 0 spiro atoms. The highest BCUT2D eigenvalue weighted by atomic mass is 15.5. The van der Waals surface area contributed by atoms with E-state index in [9.17, 15) is 0 Å².